The molecule has 0 aromatic carbocycles. The van der Waals surface area contributed by atoms with Crippen LogP contribution in [0.15, 0.2) is 0 Å². The average Bonchev–Trinajstić information content (AvgIpc) is 1.30. The fourth-order valence-corrected chi connectivity index (χ4v) is 0.116. The van der Waals surface area contributed by atoms with Crippen LogP contribution in [0.2, 0.25) is 0 Å². The van der Waals surface area contributed by atoms with E-state index in [2.05, 4.69) is 5.84 Å². The minimum absolute atomic E-state index is 0. The number of hydrazine groups is 1. The van der Waals surface area contributed by atoms with Gasteiger partial charge in [-0.25, -0.2) is 0 Å². The van der Waals surface area contributed by atoms with Crippen molar-refractivity contribution in [1.29, 1.82) is 0 Å². The molecule has 0 aromatic heterocycles. The van der Waals surface area contributed by atoms with Gasteiger partial charge in [-0.2, -0.15) is 13.2 Å². The first-order valence-corrected chi connectivity index (χ1v) is 1.56. The molecule has 0 aliphatic rings. The molecule has 0 aliphatic heterocycles. The zero-order chi connectivity index (χ0) is 5.91. The SMILES string of the molecule is NNCC(F)(F)F.O. The molecule has 0 rings (SSSR count). The summed E-state index contributed by atoms with van der Waals surface area (Å²) in [4.78, 5) is 0. The molecular formula is C2H7F3N2O. The fourth-order valence-electron chi connectivity index (χ4n) is 0.116. The second-order valence-electron chi connectivity index (χ2n) is 0.996. The van der Waals surface area contributed by atoms with E-state index in [-0.39, 0.29) is 5.48 Å². The van der Waals surface area contributed by atoms with Gasteiger partial charge in [-0.15, -0.1) is 0 Å². The Bertz CT molecular complexity index is 53.7. The molecule has 0 spiro atoms. The summed E-state index contributed by atoms with van der Waals surface area (Å²) in [7, 11) is 0. The largest absolute Gasteiger partial charge is 0.412 e. The van der Waals surface area contributed by atoms with Crippen LogP contribution in [0.4, 0.5) is 13.2 Å². The highest BCUT2D eigenvalue weighted by atomic mass is 19.4. The Morgan fingerprint density at radius 3 is 1.75 bits per heavy atom. The molecular weight excluding hydrogens is 125 g/mol. The molecule has 0 amide bonds. The van der Waals surface area contributed by atoms with Crippen molar-refractivity contribution in [3.8, 4) is 0 Å². The van der Waals surface area contributed by atoms with Gasteiger partial charge in [0.1, 0.15) is 6.54 Å². The molecule has 0 fully saturated rings. The fraction of sp³-hybridized carbons (Fsp3) is 1.00. The van der Waals surface area contributed by atoms with Crippen LogP contribution < -0.4 is 11.3 Å². The highest BCUT2D eigenvalue weighted by molar-refractivity contribution is 4.47. The van der Waals surface area contributed by atoms with E-state index in [0.29, 0.717) is 0 Å². The van der Waals surface area contributed by atoms with Gasteiger partial charge >= 0.3 is 6.18 Å². The van der Waals surface area contributed by atoms with E-state index >= 15 is 0 Å². The number of alkyl halides is 3. The first kappa shape index (κ1) is 10.6. The number of halogens is 3. The van der Waals surface area contributed by atoms with E-state index in [4.69, 9.17) is 0 Å². The Morgan fingerprint density at radius 2 is 1.75 bits per heavy atom. The van der Waals surface area contributed by atoms with Gasteiger partial charge in [-0.1, -0.05) is 0 Å². The summed E-state index contributed by atoms with van der Waals surface area (Å²) >= 11 is 0. The van der Waals surface area contributed by atoms with Crippen LogP contribution in [0.5, 0.6) is 0 Å². The van der Waals surface area contributed by atoms with Crippen molar-refractivity contribution in [3.05, 3.63) is 0 Å². The molecule has 0 bridgehead atoms. The molecule has 6 heteroatoms. The van der Waals surface area contributed by atoms with Crippen molar-refractivity contribution in [2.45, 2.75) is 6.18 Å². The summed E-state index contributed by atoms with van der Waals surface area (Å²) in [5.74, 6) is 4.34. The standard InChI is InChI=1S/C2H5F3N2.H2O/c3-2(4,5)1-7-6;/h7H,1,6H2;1H2. The van der Waals surface area contributed by atoms with Crippen molar-refractivity contribution in [2.75, 3.05) is 6.54 Å². The lowest BCUT2D eigenvalue weighted by molar-refractivity contribution is -0.124. The zero-order valence-corrected chi connectivity index (χ0v) is 3.92. The Morgan fingerprint density at radius 1 is 1.38 bits per heavy atom. The van der Waals surface area contributed by atoms with Crippen LogP contribution >= 0.6 is 0 Å². The van der Waals surface area contributed by atoms with Gasteiger partial charge in [-0.3, -0.25) is 11.3 Å². The Labute approximate surface area is 43.9 Å². The minimum Gasteiger partial charge on any atom is -0.412 e. The van der Waals surface area contributed by atoms with Crippen LogP contribution in [0.3, 0.4) is 0 Å². The van der Waals surface area contributed by atoms with E-state index in [0.717, 1.165) is 0 Å². The molecule has 3 nitrogen and oxygen atoms in total. The quantitative estimate of drug-likeness (QED) is 0.361. The molecule has 0 aliphatic carbocycles. The summed E-state index contributed by atoms with van der Waals surface area (Å²) in [6, 6.07) is 0. The predicted octanol–water partition coefficient (Wildman–Crippen LogP) is -0.813. The summed E-state index contributed by atoms with van der Waals surface area (Å²) in [6.07, 6.45) is -4.19. The van der Waals surface area contributed by atoms with E-state index < -0.39 is 12.7 Å². The molecule has 0 saturated carbocycles. The van der Waals surface area contributed by atoms with Gasteiger partial charge in [0.2, 0.25) is 0 Å². The molecule has 8 heavy (non-hydrogen) atoms. The maximum Gasteiger partial charge on any atom is 0.402 e. The smallest absolute Gasteiger partial charge is 0.402 e. The van der Waals surface area contributed by atoms with E-state index in [1.165, 1.54) is 5.43 Å². The third-order valence-corrected chi connectivity index (χ3v) is 0.303. The monoisotopic (exact) mass is 132 g/mol. The highest BCUT2D eigenvalue weighted by Gasteiger charge is 2.25. The number of rotatable bonds is 1. The number of hydrogen-bond donors (Lipinski definition) is 2. The summed E-state index contributed by atoms with van der Waals surface area (Å²) in [5, 5.41) is 0. The van der Waals surface area contributed by atoms with Gasteiger partial charge in [0.05, 0.1) is 0 Å². The second-order valence-corrected chi connectivity index (χ2v) is 0.996. The first-order chi connectivity index (χ1) is 3.06. The van der Waals surface area contributed by atoms with Gasteiger partial charge in [0.15, 0.2) is 0 Å². The predicted molar refractivity (Wildman–Crippen MR) is 21.9 cm³/mol. The normalized spacial score (nSPS) is 10.5. The van der Waals surface area contributed by atoms with Crippen LogP contribution in [0.1, 0.15) is 0 Å². The lowest BCUT2D eigenvalue weighted by Gasteiger charge is -2.01. The number of nitrogens with one attached hydrogen (secondary N) is 1. The second kappa shape index (κ2) is 3.65. The lowest BCUT2D eigenvalue weighted by atomic mass is 10.7. The van der Waals surface area contributed by atoms with Gasteiger partial charge in [0, 0.05) is 0 Å². The molecule has 0 saturated heterocycles. The highest BCUT2D eigenvalue weighted by Crippen LogP contribution is 2.11. The van der Waals surface area contributed by atoms with Crippen molar-refractivity contribution in [1.82, 2.24) is 5.43 Å². The van der Waals surface area contributed by atoms with Crippen molar-refractivity contribution in [2.24, 2.45) is 5.84 Å². The topological polar surface area (TPSA) is 69.5 Å². The van der Waals surface area contributed by atoms with Crippen molar-refractivity contribution >= 4 is 0 Å². The van der Waals surface area contributed by atoms with E-state index in [1.807, 2.05) is 0 Å². The zero-order valence-electron chi connectivity index (χ0n) is 3.92. The van der Waals surface area contributed by atoms with Gasteiger partial charge in [0.25, 0.3) is 0 Å². The first-order valence-electron chi connectivity index (χ1n) is 1.56. The number of nitrogens with two attached hydrogens (primary N) is 1. The molecule has 0 heterocycles. The van der Waals surface area contributed by atoms with Crippen LogP contribution in [-0.4, -0.2) is 18.2 Å². The maximum absolute atomic E-state index is 10.9. The summed E-state index contributed by atoms with van der Waals surface area (Å²) in [6.45, 7) is -1.13. The van der Waals surface area contributed by atoms with Crippen LogP contribution in [0.25, 0.3) is 0 Å². The number of hydrogen-bond acceptors (Lipinski definition) is 2. The maximum atomic E-state index is 10.9. The Hall–Kier alpha value is -0.330. The van der Waals surface area contributed by atoms with Crippen molar-refractivity contribution in [3.63, 3.8) is 0 Å². The van der Waals surface area contributed by atoms with E-state index in [9.17, 15) is 13.2 Å². The summed E-state index contributed by atoms with van der Waals surface area (Å²) < 4.78 is 32.7. The molecule has 0 aromatic rings. The van der Waals surface area contributed by atoms with E-state index in [1.54, 1.807) is 0 Å². The van der Waals surface area contributed by atoms with Gasteiger partial charge < -0.3 is 5.48 Å². The van der Waals surface area contributed by atoms with Gasteiger partial charge in [-0.05, 0) is 0 Å². The molecule has 52 valence electrons. The average molecular weight is 132 g/mol. The third-order valence-electron chi connectivity index (χ3n) is 0.303. The molecule has 0 radical (unpaired) electrons. The Kier molecular flexibility index (Phi) is 4.84. The molecule has 0 unspecified atom stereocenters. The minimum atomic E-state index is -4.19. The lowest BCUT2D eigenvalue weighted by Crippen LogP contribution is -2.33. The van der Waals surface area contributed by atoms with Crippen LogP contribution in [-0.2, 0) is 0 Å². The molecule has 5 N–H and O–H groups in total. The van der Waals surface area contributed by atoms with Crippen molar-refractivity contribution < 1.29 is 18.6 Å². The summed E-state index contributed by atoms with van der Waals surface area (Å²) in [5.41, 5.74) is 1.48. The molecule has 0 atom stereocenters. The van der Waals surface area contributed by atoms with Crippen LogP contribution in [0, 0.1) is 0 Å². The third kappa shape index (κ3) is 9.18. The Balaban J connectivity index is 0.